The van der Waals surface area contributed by atoms with Crippen molar-refractivity contribution in [2.45, 2.75) is 45.8 Å². The summed E-state index contributed by atoms with van der Waals surface area (Å²) in [6.45, 7) is 4.95. The molecule has 6 nitrogen and oxygen atoms in total. The minimum Gasteiger partial charge on any atom is -0.491 e. The van der Waals surface area contributed by atoms with Crippen molar-refractivity contribution in [2.75, 3.05) is 6.54 Å². The van der Waals surface area contributed by atoms with E-state index in [9.17, 15) is 9.59 Å². The van der Waals surface area contributed by atoms with Gasteiger partial charge in [-0.05, 0) is 37.1 Å². The lowest BCUT2D eigenvalue weighted by molar-refractivity contribution is -0.133. The van der Waals surface area contributed by atoms with Gasteiger partial charge in [0.05, 0.1) is 18.4 Å². The Hall–Kier alpha value is -3.15. The SMILES string of the molecule is CC(C)Oc1ccc(CNC(=O)CCC(=O)N2CCC(c3ccccc3)=N2)cc1. The third-order valence-electron chi connectivity index (χ3n) is 4.55. The van der Waals surface area contributed by atoms with Crippen LogP contribution in [0, 0.1) is 0 Å². The number of rotatable bonds is 8. The maximum absolute atomic E-state index is 12.4. The van der Waals surface area contributed by atoms with Crippen molar-refractivity contribution in [3.05, 3.63) is 65.7 Å². The number of carbonyl (C=O) groups excluding carboxylic acids is 2. The van der Waals surface area contributed by atoms with Crippen LogP contribution in [0.15, 0.2) is 59.7 Å². The summed E-state index contributed by atoms with van der Waals surface area (Å²) >= 11 is 0. The molecule has 1 aliphatic heterocycles. The molecule has 0 saturated carbocycles. The third-order valence-corrected chi connectivity index (χ3v) is 4.55. The number of nitrogens with zero attached hydrogens (tertiary/aromatic N) is 2. The summed E-state index contributed by atoms with van der Waals surface area (Å²) in [4.78, 5) is 24.4. The van der Waals surface area contributed by atoms with Gasteiger partial charge in [0.25, 0.3) is 0 Å². The van der Waals surface area contributed by atoms with Crippen molar-refractivity contribution in [1.29, 1.82) is 0 Å². The van der Waals surface area contributed by atoms with Crippen molar-refractivity contribution >= 4 is 17.5 Å². The molecule has 0 unspecified atom stereocenters. The highest BCUT2D eigenvalue weighted by Crippen LogP contribution is 2.15. The van der Waals surface area contributed by atoms with Crippen LogP contribution < -0.4 is 10.1 Å². The number of hydrogen-bond acceptors (Lipinski definition) is 4. The first-order valence-electron chi connectivity index (χ1n) is 9.97. The van der Waals surface area contributed by atoms with Crippen LogP contribution in [-0.4, -0.2) is 35.2 Å². The molecule has 1 N–H and O–H groups in total. The maximum atomic E-state index is 12.4. The van der Waals surface area contributed by atoms with Gasteiger partial charge in [0.15, 0.2) is 0 Å². The van der Waals surface area contributed by atoms with E-state index in [0.29, 0.717) is 13.1 Å². The van der Waals surface area contributed by atoms with Crippen LogP contribution in [0.5, 0.6) is 5.75 Å². The predicted octanol–water partition coefficient (Wildman–Crippen LogP) is 3.51. The molecule has 29 heavy (non-hydrogen) atoms. The molecule has 0 fully saturated rings. The Balaban J connectivity index is 1.41. The van der Waals surface area contributed by atoms with Crippen LogP contribution in [0.25, 0.3) is 0 Å². The number of carbonyl (C=O) groups is 2. The zero-order chi connectivity index (χ0) is 20.6. The lowest BCUT2D eigenvalue weighted by Gasteiger charge is -2.12. The number of hydrazone groups is 1. The molecular weight excluding hydrogens is 366 g/mol. The standard InChI is InChI=1S/C23H27N3O3/c1-17(2)29-20-10-8-18(9-11-20)16-24-22(27)12-13-23(28)26-15-14-21(25-26)19-6-4-3-5-7-19/h3-11,17H,12-16H2,1-2H3,(H,24,27). The molecule has 0 bridgehead atoms. The fourth-order valence-corrected chi connectivity index (χ4v) is 3.07. The smallest absolute Gasteiger partial charge is 0.243 e. The molecule has 6 heteroatoms. The first-order chi connectivity index (χ1) is 14.0. The van der Waals surface area contributed by atoms with Gasteiger partial charge in [-0.1, -0.05) is 42.5 Å². The van der Waals surface area contributed by atoms with E-state index in [1.54, 1.807) is 0 Å². The summed E-state index contributed by atoms with van der Waals surface area (Å²) < 4.78 is 5.60. The third kappa shape index (κ3) is 6.17. The van der Waals surface area contributed by atoms with Gasteiger partial charge in [0.1, 0.15) is 5.75 Å². The van der Waals surface area contributed by atoms with E-state index in [2.05, 4.69) is 10.4 Å². The average molecular weight is 393 g/mol. The number of ether oxygens (including phenoxy) is 1. The van der Waals surface area contributed by atoms with Gasteiger partial charge in [-0.2, -0.15) is 5.10 Å². The van der Waals surface area contributed by atoms with Crippen LogP contribution in [0.4, 0.5) is 0 Å². The van der Waals surface area contributed by atoms with Crippen LogP contribution in [-0.2, 0) is 16.1 Å². The molecule has 0 radical (unpaired) electrons. The van der Waals surface area contributed by atoms with E-state index in [-0.39, 0.29) is 30.8 Å². The van der Waals surface area contributed by atoms with Gasteiger partial charge in [-0.3, -0.25) is 9.59 Å². The number of hydrogen-bond donors (Lipinski definition) is 1. The van der Waals surface area contributed by atoms with Gasteiger partial charge in [0.2, 0.25) is 11.8 Å². The summed E-state index contributed by atoms with van der Waals surface area (Å²) in [7, 11) is 0. The number of nitrogens with one attached hydrogen (secondary N) is 1. The van der Waals surface area contributed by atoms with E-state index in [1.165, 1.54) is 5.01 Å². The van der Waals surface area contributed by atoms with Crippen LogP contribution in [0.1, 0.15) is 44.2 Å². The van der Waals surface area contributed by atoms with E-state index in [4.69, 9.17) is 4.74 Å². The average Bonchev–Trinajstić information content (AvgIpc) is 3.22. The molecule has 0 aliphatic carbocycles. The van der Waals surface area contributed by atoms with Crippen molar-refractivity contribution in [3.8, 4) is 5.75 Å². The summed E-state index contributed by atoms with van der Waals surface area (Å²) in [6, 6.07) is 17.5. The Bertz CT molecular complexity index is 861. The lowest BCUT2D eigenvalue weighted by atomic mass is 10.1. The van der Waals surface area contributed by atoms with Crippen LogP contribution in [0.2, 0.25) is 0 Å². The minimum atomic E-state index is -0.146. The summed E-state index contributed by atoms with van der Waals surface area (Å²) in [6.07, 6.45) is 1.17. The predicted molar refractivity (Wildman–Crippen MR) is 113 cm³/mol. The second kappa shape index (κ2) is 9.87. The highest BCUT2D eigenvalue weighted by atomic mass is 16.5. The molecular formula is C23H27N3O3. The Morgan fingerprint density at radius 3 is 2.48 bits per heavy atom. The summed E-state index contributed by atoms with van der Waals surface area (Å²) in [5, 5.41) is 8.74. The quantitative estimate of drug-likeness (QED) is 0.746. The Morgan fingerprint density at radius 2 is 1.79 bits per heavy atom. The van der Waals surface area contributed by atoms with Crippen LogP contribution in [0.3, 0.4) is 0 Å². The normalized spacial score (nSPS) is 13.3. The Morgan fingerprint density at radius 1 is 1.07 bits per heavy atom. The largest absolute Gasteiger partial charge is 0.491 e. The van der Waals surface area contributed by atoms with Gasteiger partial charge < -0.3 is 10.1 Å². The molecule has 1 aliphatic rings. The lowest BCUT2D eigenvalue weighted by Crippen LogP contribution is -2.27. The molecule has 0 saturated heterocycles. The van der Waals surface area contributed by atoms with E-state index in [0.717, 1.165) is 29.0 Å². The topological polar surface area (TPSA) is 71.0 Å². The van der Waals surface area contributed by atoms with Gasteiger partial charge >= 0.3 is 0 Å². The Kier molecular flexibility index (Phi) is 7.00. The summed E-state index contributed by atoms with van der Waals surface area (Å²) in [5.74, 6) is 0.537. The molecule has 2 aromatic rings. The monoisotopic (exact) mass is 393 g/mol. The number of amides is 2. The zero-order valence-electron chi connectivity index (χ0n) is 16.9. The van der Waals surface area contributed by atoms with Gasteiger partial charge in [-0.15, -0.1) is 0 Å². The summed E-state index contributed by atoms with van der Waals surface area (Å²) in [5.41, 5.74) is 2.93. The van der Waals surface area contributed by atoms with Crippen molar-refractivity contribution in [2.24, 2.45) is 5.10 Å². The molecule has 2 amide bonds. The fraction of sp³-hybridized carbons (Fsp3) is 0.348. The Labute approximate surface area is 171 Å². The molecule has 0 aromatic heterocycles. The molecule has 3 rings (SSSR count). The highest BCUT2D eigenvalue weighted by Gasteiger charge is 2.21. The van der Waals surface area contributed by atoms with Crippen molar-refractivity contribution < 1.29 is 14.3 Å². The first kappa shape index (κ1) is 20.6. The van der Waals surface area contributed by atoms with E-state index < -0.39 is 0 Å². The van der Waals surface area contributed by atoms with Crippen LogP contribution >= 0.6 is 0 Å². The molecule has 0 spiro atoms. The number of benzene rings is 2. The maximum Gasteiger partial charge on any atom is 0.243 e. The molecule has 2 aromatic carbocycles. The minimum absolute atomic E-state index is 0.124. The zero-order valence-corrected chi connectivity index (χ0v) is 16.9. The van der Waals surface area contributed by atoms with Gasteiger partial charge in [-0.25, -0.2) is 5.01 Å². The molecule has 0 atom stereocenters. The first-order valence-corrected chi connectivity index (χ1v) is 9.97. The van der Waals surface area contributed by atoms with Gasteiger partial charge in [0, 0.05) is 25.8 Å². The van der Waals surface area contributed by atoms with Crippen molar-refractivity contribution in [1.82, 2.24) is 10.3 Å². The molecule has 1 heterocycles. The molecule has 152 valence electrons. The van der Waals surface area contributed by atoms with E-state index >= 15 is 0 Å². The highest BCUT2D eigenvalue weighted by molar-refractivity contribution is 6.02. The fourth-order valence-electron chi connectivity index (χ4n) is 3.07. The van der Waals surface area contributed by atoms with Crippen molar-refractivity contribution in [3.63, 3.8) is 0 Å². The second-order valence-corrected chi connectivity index (χ2v) is 7.27. The van der Waals surface area contributed by atoms with E-state index in [1.807, 2.05) is 68.4 Å². The second-order valence-electron chi connectivity index (χ2n) is 7.27.